The van der Waals surface area contributed by atoms with E-state index in [2.05, 4.69) is 73.1 Å². The van der Waals surface area contributed by atoms with Gasteiger partial charge in [-0.25, -0.2) is 9.48 Å². The molecule has 3 N–H and O–H groups in total. The number of nitrogens with zero attached hydrogens (tertiary/aromatic N) is 2. The molecule has 0 saturated carbocycles. The molecule has 0 fully saturated rings. The number of hydrogen-bond acceptors (Lipinski definition) is 3. The first-order valence-corrected chi connectivity index (χ1v) is 12.0. The van der Waals surface area contributed by atoms with Gasteiger partial charge in [-0.3, -0.25) is 5.32 Å². The summed E-state index contributed by atoms with van der Waals surface area (Å²) in [6.07, 6.45) is 4.15. The summed E-state index contributed by atoms with van der Waals surface area (Å²) in [5.41, 5.74) is 7.00. The Kier molecular flexibility index (Phi) is 5.71. The van der Waals surface area contributed by atoms with Crippen molar-refractivity contribution in [2.24, 2.45) is 0 Å². The monoisotopic (exact) mass is 443 g/mol. The van der Waals surface area contributed by atoms with Gasteiger partial charge in [0.05, 0.1) is 17.4 Å². The van der Waals surface area contributed by atoms with Crippen LogP contribution in [-0.2, 0) is 24.8 Å². The molecular formula is C27H33N5O. The number of nitrogens with one attached hydrogen (secondary N) is 3. The number of benzene rings is 2. The molecule has 2 aliphatic rings. The van der Waals surface area contributed by atoms with Gasteiger partial charge >= 0.3 is 6.03 Å². The van der Waals surface area contributed by atoms with Gasteiger partial charge in [0.2, 0.25) is 0 Å². The Hall–Kier alpha value is -3.12. The highest BCUT2D eigenvalue weighted by atomic mass is 16.2. The van der Waals surface area contributed by atoms with Gasteiger partial charge in [-0.15, -0.1) is 0 Å². The minimum absolute atomic E-state index is 0.0308. The Balaban J connectivity index is 1.42. The number of urea groups is 1. The van der Waals surface area contributed by atoms with Gasteiger partial charge in [-0.1, -0.05) is 51.1 Å². The van der Waals surface area contributed by atoms with Crippen LogP contribution in [0.2, 0.25) is 0 Å². The number of aryl methyl sites for hydroxylation is 1. The van der Waals surface area contributed by atoms with Crippen LogP contribution in [0, 0.1) is 0 Å². The average Bonchev–Trinajstić information content (AvgIpc) is 3.23. The van der Waals surface area contributed by atoms with Crippen molar-refractivity contribution in [2.75, 3.05) is 11.9 Å². The fourth-order valence-corrected chi connectivity index (χ4v) is 4.85. The third kappa shape index (κ3) is 4.53. The lowest BCUT2D eigenvalue weighted by Crippen LogP contribution is -2.34. The van der Waals surface area contributed by atoms with Crippen LogP contribution < -0.4 is 16.0 Å². The number of anilines is 1. The lowest BCUT2D eigenvalue weighted by molar-refractivity contribution is 0.247. The van der Waals surface area contributed by atoms with E-state index >= 15 is 0 Å². The Morgan fingerprint density at radius 2 is 1.91 bits per heavy atom. The molecule has 0 unspecified atom stereocenters. The van der Waals surface area contributed by atoms with E-state index in [4.69, 9.17) is 5.10 Å². The molecule has 6 nitrogen and oxygen atoms in total. The Morgan fingerprint density at radius 1 is 1.06 bits per heavy atom. The molecule has 2 amide bonds. The second kappa shape index (κ2) is 8.67. The summed E-state index contributed by atoms with van der Waals surface area (Å²) in [5.74, 6) is 0.685. The summed E-state index contributed by atoms with van der Waals surface area (Å²) in [5, 5.41) is 14.6. The van der Waals surface area contributed by atoms with E-state index < -0.39 is 0 Å². The first kappa shape index (κ1) is 21.7. The van der Waals surface area contributed by atoms with Crippen molar-refractivity contribution in [1.82, 2.24) is 20.4 Å². The molecule has 1 aromatic heterocycles. The summed E-state index contributed by atoms with van der Waals surface area (Å²) in [4.78, 5) is 13.1. The predicted molar refractivity (Wildman–Crippen MR) is 132 cm³/mol. The Bertz CT molecular complexity index is 1170. The molecule has 2 heterocycles. The Morgan fingerprint density at radius 3 is 2.76 bits per heavy atom. The van der Waals surface area contributed by atoms with Crippen molar-refractivity contribution in [1.29, 1.82) is 0 Å². The molecule has 1 atom stereocenters. The fraction of sp³-hybridized carbons (Fsp3) is 0.407. The summed E-state index contributed by atoms with van der Waals surface area (Å²) in [6, 6.07) is 16.7. The molecule has 2 aromatic carbocycles. The lowest BCUT2D eigenvalue weighted by atomic mass is 9.88. The van der Waals surface area contributed by atoms with Gasteiger partial charge in [0.1, 0.15) is 5.82 Å². The van der Waals surface area contributed by atoms with Crippen LogP contribution in [0.15, 0.2) is 48.5 Å². The van der Waals surface area contributed by atoms with E-state index in [1.54, 1.807) is 0 Å². The van der Waals surface area contributed by atoms with Gasteiger partial charge in [0, 0.05) is 18.0 Å². The van der Waals surface area contributed by atoms with Crippen LogP contribution in [0.5, 0.6) is 0 Å². The number of aromatic nitrogens is 2. The second-order valence-corrected chi connectivity index (χ2v) is 10.2. The molecule has 3 aromatic rings. The third-order valence-corrected chi connectivity index (χ3v) is 6.72. The zero-order valence-corrected chi connectivity index (χ0v) is 19.7. The maximum atomic E-state index is 13.1. The number of amides is 2. The summed E-state index contributed by atoms with van der Waals surface area (Å²) in [7, 11) is 0. The highest BCUT2D eigenvalue weighted by Crippen LogP contribution is 2.30. The molecule has 5 rings (SSSR count). The Labute approximate surface area is 195 Å². The van der Waals surface area contributed by atoms with Crippen molar-refractivity contribution >= 4 is 11.8 Å². The predicted octanol–water partition coefficient (Wildman–Crippen LogP) is 5.01. The molecule has 33 heavy (non-hydrogen) atoms. The zero-order chi connectivity index (χ0) is 23.0. The van der Waals surface area contributed by atoms with Gasteiger partial charge in [-0.05, 0) is 66.6 Å². The topological polar surface area (TPSA) is 71.0 Å². The van der Waals surface area contributed by atoms with Crippen molar-refractivity contribution in [3.63, 3.8) is 0 Å². The van der Waals surface area contributed by atoms with Crippen molar-refractivity contribution in [2.45, 2.75) is 64.5 Å². The second-order valence-electron chi connectivity index (χ2n) is 10.2. The number of rotatable bonds is 3. The minimum Gasteiger partial charge on any atom is -0.331 e. The van der Waals surface area contributed by atoms with Gasteiger partial charge in [-0.2, -0.15) is 5.10 Å². The fourth-order valence-electron chi connectivity index (χ4n) is 4.85. The molecule has 0 saturated heterocycles. The van der Waals surface area contributed by atoms with E-state index in [1.165, 1.54) is 22.3 Å². The van der Waals surface area contributed by atoms with E-state index in [0.717, 1.165) is 50.2 Å². The maximum absolute atomic E-state index is 13.1. The maximum Gasteiger partial charge on any atom is 0.320 e. The van der Waals surface area contributed by atoms with Crippen molar-refractivity contribution in [3.05, 3.63) is 76.5 Å². The normalized spacial score (nSPS) is 17.7. The largest absolute Gasteiger partial charge is 0.331 e. The van der Waals surface area contributed by atoms with Crippen LogP contribution in [0.1, 0.15) is 67.6 Å². The summed E-state index contributed by atoms with van der Waals surface area (Å²) >= 11 is 0. The average molecular weight is 444 g/mol. The molecule has 1 aliphatic heterocycles. The quantitative estimate of drug-likeness (QED) is 0.533. The molecule has 1 aliphatic carbocycles. The third-order valence-electron chi connectivity index (χ3n) is 6.72. The summed E-state index contributed by atoms with van der Waals surface area (Å²) in [6.45, 7) is 8.29. The first-order chi connectivity index (χ1) is 15.9. The molecule has 0 radical (unpaired) electrons. The standard InChI is InChI=1S/C27H33N5O/c1-27(2,3)24-16-25(32(31-24)21-12-11-18-13-14-28-17-20(18)15-21)30-26(33)29-23-10-6-8-19-7-4-5-9-22(19)23/h4-5,7,9,11-12,15-16,23,28H,6,8,10,13-14,17H2,1-3H3,(H2,29,30,33)/t23-/m0/s1. The molecule has 6 heteroatoms. The number of carbonyl (C=O) groups is 1. The smallest absolute Gasteiger partial charge is 0.320 e. The lowest BCUT2D eigenvalue weighted by Gasteiger charge is -2.26. The van der Waals surface area contributed by atoms with Crippen LogP contribution >= 0.6 is 0 Å². The van der Waals surface area contributed by atoms with E-state index in [0.29, 0.717) is 5.82 Å². The van der Waals surface area contributed by atoms with E-state index in [1.807, 2.05) is 16.8 Å². The molecule has 0 bridgehead atoms. The number of fused-ring (bicyclic) bond motifs is 2. The van der Waals surface area contributed by atoms with E-state index in [-0.39, 0.29) is 17.5 Å². The van der Waals surface area contributed by atoms with Gasteiger partial charge < -0.3 is 10.6 Å². The van der Waals surface area contributed by atoms with Gasteiger partial charge in [0.25, 0.3) is 0 Å². The molecule has 0 spiro atoms. The molecule has 172 valence electrons. The SMILES string of the molecule is CC(C)(C)c1cc(NC(=O)N[C@H]2CCCc3ccccc32)n(-c2ccc3c(c2)CNCC3)n1. The first-order valence-electron chi connectivity index (χ1n) is 12.0. The van der Waals surface area contributed by atoms with Crippen LogP contribution in [0.4, 0.5) is 10.6 Å². The minimum atomic E-state index is -0.196. The van der Waals surface area contributed by atoms with Crippen molar-refractivity contribution < 1.29 is 4.79 Å². The number of hydrogen-bond donors (Lipinski definition) is 3. The summed E-state index contributed by atoms with van der Waals surface area (Å²) < 4.78 is 1.86. The van der Waals surface area contributed by atoms with Crippen molar-refractivity contribution in [3.8, 4) is 5.69 Å². The molecular weight excluding hydrogens is 410 g/mol. The number of carbonyl (C=O) groups excluding carboxylic acids is 1. The van der Waals surface area contributed by atoms with E-state index in [9.17, 15) is 4.79 Å². The zero-order valence-electron chi connectivity index (χ0n) is 19.7. The van der Waals surface area contributed by atoms with Gasteiger partial charge in [0.15, 0.2) is 0 Å². The highest BCUT2D eigenvalue weighted by molar-refractivity contribution is 5.89. The van der Waals surface area contributed by atoms with Crippen LogP contribution in [0.25, 0.3) is 5.69 Å². The highest BCUT2D eigenvalue weighted by Gasteiger charge is 2.24. The van der Waals surface area contributed by atoms with Crippen LogP contribution in [0.3, 0.4) is 0 Å². The van der Waals surface area contributed by atoms with Crippen LogP contribution in [-0.4, -0.2) is 22.4 Å².